The lowest BCUT2D eigenvalue weighted by Crippen LogP contribution is -2.15. The van der Waals surface area contributed by atoms with E-state index in [9.17, 15) is 13.2 Å². The number of hydrogen-bond acceptors (Lipinski definition) is 0. The molecule has 0 bridgehead atoms. The van der Waals surface area contributed by atoms with E-state index in [1.807, 2.05) is 48.5 Å². The van der Waals surface area contributed by atoms with Crippen molar-refractivity contribution in [1.82, 2.24) is 0 Å². The third kappa shape index (κ3) is 818. The Morgan fingerprint density at radius 2 is 0.490 bits per heavy atom. The average Bonchev–Trinajstić information content (AvgIpc) is 2.91. The first kappa shape index (κ1) is 62.8. The largest absolute Gasteiger partial charge is 0.391 e. The molecule has 0 aliphatic carbocycles. The molecule has 51 heavy (non-hydrogen) atoms. The first-order chi connectivity index (χ1) is 24.9. The molecule has 0 atom stereocenters. The van der Waals surface area contributed by atoms with Gasteiger partial charge in [0.25, 0.3) is 0 Å². The van der Waals surface area contributed by atoms with Crippen molar-refractivity contribution in [3.8, 4) is 0 Å². The fourth-order valence-electron chi connectivity index (χ4n) is 0.707. The van der Waals surface area contributed by atoms with Gasteiger partial charge in [0, 0.05) is 14.1 Å². The lowest BCUT2D eigenvalue weighted by Gasteiger charge is -2.07. The summed E-state index contributed by atoms with van der Waals surface area (Å²) in [5, 5.41) is 0. The molecule has 0 heterocycles. The standard InChI is InChI=1S/2C5H12.C4H7F3.7C4H10.2C3H8/c2*1-3-5-4-2;1-3(2)4(5,6)7;5*1-4(2)3;2*1-3-4-2;2*1-3-2/h2*3-5H2,1-2H3;3H,1-2H3;5*4H,1-3H3;2*3-4H2,1-2H3;2*3H2,1-2H3/i;;;2*4D;;;;3D2;;3D2;. The highest BCUT2D eigenvalue weighted by molar-refractivity contribution is 4.52. The Balaban J connectivity index is -0.0000000390. The van der Waals surface area contributed by atoms with Crippen LogP contribution in [-0.2, 0) is 0 Å². The summed E-state index contributed by atoms with van der Waals surface area (Å²) < 4.78 is 74.3. The summed E-state index contributed by atoms with van der Waals surface area (Å²) in [6.45, 7) is 56.8. The van der Waals surface area contributed by atoms with Crippen molar-refractivity contribution in [2.75, 3.05) is 0 Å². The monoisotopic (exact) mass is 757 g/mol. The van der Waals surface area contributed by atoms with E-state index in [4.69, 9.17) is 8.22 Å². The van der Waals surface area contributed by atoms with Crippen molar-refractivity contribution in [2.45, 2.75) is 284 Å². The van der Waals surface area contributed by atoms with Gasteiger partial charge in [0.2, 0.25) is 0 Å². The molecule has 0 saturated carbocycles. The van der Waals surface area contributed by atoms with Gasteiger partial charge in [0.05, 0.1) is 0 Å². The minimum Gasteiger partial charge on any atom is -0.171 e. The summed E-state index contributed by atoms with van der Waals surface area (Å²) in [5.41, 5.74) is 0. The highest BCUT2D eigenvalue weighted by Gasteiger charge is 2.31. The van der Waals surface area contributed by atoms with Crippen molar-refractivity contribution >= 4 is 0 Å². The molecule has 0 rings (SSSR count). The Bertz CT molecular complexity index is 500. The zero-order chi connectivity index (χ0) is 49.9. The fraction of sp³-hybridized carbons (Fsp3) is 1.00. The van der Waals surface area contributed by atoms with Crippen molar-refractivity contribution in [2.24, 2.45) is 35.5 Å². The molecule has 0 radical (unpaired) electrons. The van der Waals surface area contributed by atoms with Crippen molar-refractivity contribution in [3.63, 3.8) is 0 Å². The van der Waals surface area contributed by atoms with Crippen LogP contribution in [0.1, 0.15) is 286 Å². The van der Waals surface area contributed by atoms with Crippen LogP contribution >= 0.6 is 0 Å². The van der Waals surface area contributed by atoms with E-state index in [1.165, 1.54) is 71.6 Å². The molecule has 0 spiro atoms. The van der Waals surface area contributed by atoms with Crippen molar-refractivity contribution in [3.05, 3.63) is 0 Å². The zero-order valence-electron chi connectivity index (χ0n) is 48.0. The molecular formula is C48H117F3. The molecule has 0 aliphatic heterocycles. The smallest absolute Gasteiger partial charge is 0.171 e. The predicted molar refractivity (Wildman–Crippen MR) is 247 cm³/mol. The molecule has 0 fully saturated rings. The molecular weight excluding hydrogens is 634 g/mol. The van der Waals surface area contributed by atoms with Crippen LogP contribution in [0.3, 0.4) is 0 Å². The first-order valence-electron chi connectivity index (χ1n) is 23.9. The van der Waals surface area contributed by atoms with Crippen LogP contribution in [0, 0.1) is 35.5 Å². The van der Waals surface area contributed by atoms with Gasteiger partial charge in [-0.15, -0.1) is 0 Å². The molecule has 0 aromatic carbocycles. The number of hydrogen-bond donors (Lipinski definition) is 0. The lowest BCUT2D eigenvalue weighted by molar-refractivity contribution is -0.164. The quantitative estimate of drug-likeness (QED) is 0.253. The minimum absolute atomic E-state index is 0.250. The van der Waals surface area contributed by atoms with Crippen LogP contribution in [0.25, 0.3) is 0 Å². The van der Waals surface area contributed by atoms with Crippen LogP contribution in [0.5, 0.6) is 0 Å². The molecule has 0 aromatic rings. The Hall–Kier alpha value is -0.210. The molecule has 0 nitrogen and oxygen atoms in total. The van der Waals surface area contributed by atoms with Gasteiger partial charge < -0.3 is 0 Å². The SMILES string of the molecule is CC(C)C.CC(C)C.CC(C)C.CC(C)C(F)(F)F.CCC.CCCC.CCCCC.CCCCC.[2H]C(C)(C)C.[2H]C(C)(C)C.[2H]C([2H])(C)C.[2H]C([2H])(C)CC. The fourth-order valence-corrected chi connectivity index (χ4v) is 0.707. The molecule has 330 valence electrons. The van der Waals surface area contributed by atoms with Gasteiger partial charge in [0.15, 0.2) is 0 Å². The van der Waals surface area contributed by atoms with Gasteiger partial charge in [-0.25, -0.2) is 0 Å². The topological polar surface area (TPSA) is 0 Å². The zero-order valence-corrected chi connectivity index (χ0v) is 42.0. The number of halogens is 3. The van der Waals surface area contributed by atoms with Crippen LogP contribution in [0.2, 0.25) is 0 Å². The molecule has 0 saturated heterocycles. The van der Waals surface area contributed by atoms with Gasteiger partial charge in [-0.2, -0.15) is 13.2 Å². The van der Waals surface area contributed by atoms with Gasteiger partial charge in [-0.3, -0.25) is 0 Å². The number of alkyl halides is 3. The maximum absolute atomic E-state index is 11.2. The first-order valence-corrected chi connectivity index (χ1v) is 20.9. The summed E-state index contributed by atoms with van der Waals surface area (Å²) >= 11 is 0. The summed E-state index contributed by atoms with van der Waals surface area (Å²) in [5.74, 6) is 0.799. The minimum atomic E-state index is -4.00. The third-order valence-electron chi connectivity index (χ3n) is 2.92. The van der Waals surface area contributed by atoms with E-state index in [0.717, 1.165) is 31.6 Å². The van der Waals surface area contributed by atoms with E-state index in [2.05, 4.69) is 118 Å². The third-order valence-corrected chi connectivity index (χ3v) is 2.92. The maximum Gasteiger partial charge on any atom is 0.391 e. The van der Waals surface area contributed by atoms with E-state index >= 15 is 0 Å². The van der Waals surface area contributed by atoms with Crippen LogP contribution in [-0.4, -0.2) is 6.18 Å². The summed E-state index contributed by atoms with van der Waals surface area (Å²) in [6, 6.07) is 0. The maximum atomic E-state index is 11.2. The van der Waals surface area contributed by atoms with E-state index in [0.29, 0.717) is 6.42 Å². The van der Waals surface area contributed by atoms with Gasteiger partial charge >= 0.3 is 6.18 Å². The summed E-state index contributed by atoms with van der Waals surface area (Å²) in [7, 11) is 0. The number of rotatable bonds is 6. The normalized spacial score (nSPS) is 11.5. The van der Waals surface area contributed by atoms with Gasteiger partial charge in [0.1, 0.15) is 0 Å². The molecule has 3 heteroatoms. The molecule has 0 aromatic heterocycles. The molecule has 0 aliphatic rings. The number of unbranched alkanes of at least 4 members (excludes halogenated alkanes) is 5. The van der Waals surface area contributed by atoms with E-state index < -0.39 is 24.8 Å². The average molecular weight is 757 g/mol. The Kier molecular flexibility index (Phi) is 114. The highest BCUT2D eigenvalue weighted by atomic mass is 19.4. The Morgan fingerprint density at radius 1 is 0.392 bits per heavy atom. The summed E-state index contributed by atoms with van der Waals surface area (Å²) in [6.07, 6.45) is 6.69. The second-order valence-corrected chi connectivity index (χ2v) is 15.5. The summed E-state index contributed by atoms with van der Waals surface area (Å²) in [4.78, 5) is 0. The van der Waals surface area contributed by atoms with Crippen molar-refractivity contribution in [1.29, 1.82) is 0 Å². The van der Waals surface area contributed by atoms with Crippen LogP contribution < -0.4 is 0 Å². The molecule has 0 unspecified atom stereocenters. The Labute approximate surface area is 340 Å². The molecule has 0 N–H and O–H groups in total. The predicted octanol–water partition coefficient (Wildman–Crippen LogP) is 21.4. The molecule has 0 amide bonds. The van der Waals surface area contributed by atoms with Gasteiger partial charge in [-0.1, -0.05) is 278 Å². The van der Waals surface area contributed by atoms with Crippen LogP contribution in [0.4, 0.5) is 13.2 Å². The lowest BCUT2D eigenvalue weighted by atomic mass is 10.2. The van der Waals surface area contributed by atoms with Gasteiger partial charge in [-0.05, 0) is 29.5 Å². The van der Waals surface area contributed by atoms with E-state index in [-0.39, 0.29) is 11.8 Å². The van der Waals surface area contributed by atoms with Crippen molar-refractivity contribution < 1.29 is 21.4 Å². The second-order valence-electron chi connectivity index (χ2n) is 15.5. The van der Waals surface area contributed by atoms with E-state index in [1.54, 1.807) is 6.92 Å². The highest BCUT2D eigenvalue weighted by Crippen LogP contribution is 2.24. The Morgan fingerprint density at radius 3 is 0.490 bits per heavy atom. The van der Waals surface area contributed by atoms with Crippen LogP contribution in [0.15, 0.2) is 0 Å². The second kappa shape index (κ2) is 92.5.